The van der Waals surface area contributed by atoms with Gasteiger partial charge >= 0.3 is 0 Å². The lowest BCUT2D eigenvalue weighted by Gasteiger charge is -2.29. The van der Waals surface area contributed by atoms with Gasteiger partial charge in [0.1, 0.15) is 0 Å². The Hall–Kier alpha value is -2.50. The van der Waals surface area contributed by atoms with E-state index in [1.807, 2.05) is 10.7 Å². The van der Waals surface area contributed by atoms with Crippen LogP contribution in [0.1, 0.15) is 80.1 Å². The minimum Gasteiger partial charge on any atom is -0.352 e. The Morgan fingerprint density at radius 2 is 1.90 bits per heavy atom. The molecule has 0 atom stereocenters. The molecule has 29 heavy (non-hydrogen) atoms. The average molecular weight is 397 g/mol. The van der Waals surface area contributed by atoms with Gasteiger partial charge in [0.05, 0.1) is 22.5 Å². The molecule has 1 aliphatic rings. The Balaban J connectivity index is 1.96. The predicted octanol–water partition coefficient (Wildman–Crippen LogP) is 4.01. The average Bonchev–Trinajstić information content (AvgIpc) is 2.96. The number of Topliss-reactive ketones (excluding diaryl/α,β-unsaturated/α-hetero) is 1. The molecule has 2 aromatic rings. The molecule has 3 rings (SSSR count). The fraction of sp³-hybridized carbons (Fsp3) is 0.565. The van der Waals surface area contributed by atoms with E-state index in [9.17, 15) is 9.59 Å². The smallest absolute Gasteiger partial charge is 0.252 e. The van der Waals surface area contributed by atoms with E-state index in [-0.39, 0.29) is 17.1 Å². The second-order valence-electron chi connectivity index (χ2n) is 9.73. The topological polar surface area (TPSA) is 76.9 Å². The van der Waals surface area contributed by atoms with Crippen LogP contribution in [0.3, 0.4) is 0 Å². The van der Waals surface area contributed by atoms with Crippen LogP contribution in [-0.4, -0.2) is 33.0 Å². The van der Waals surface area contributed by atoms with Crippen molar-refractivity contribution < 1.29 is 9.59 Å². The maximum Gasteiger partial charge on any atom is 0.252 e. The third-order valence-electron chi connectivity index (χ3n) is 5.12. The fourth-order valence-corrected chi connectivity index (χ4v) is 3.79. The van der Waals surface area contributed by atoms with E-state index in [1.165, 1.54) is 0 Å². The highest BCUT2D eigenvalue weighted by molar-refractivity contribution is 6.00. The summed E-state index contributed by atoms with van der Waals surface area (Å²) in [4.78, 5) is 29.7. The Morgan fingerprint density at radius 3 is 2.48 bits per heavy atom. The standard InChI is InChI=1S/C23H32N4O2/c1-14(2)9-17-21-18(10-23(5,6)11-19(21)28)27(26-17)20-8-7-16(13-24-20)22(29)25-12-15(3)4/h7-8,13-15H,9-12H2,1-6H3,(H,25,29). The molecule has 0 saturated carbocycles. The molecule has 0 fully saturated rings. The molecule has 6 nitrogen and oxygen atoms in total. The van der Waals surface area contributed by atoms with Crippen molar-refractivity contribution in [1.29, 1.82) is 0 Å². The Morgan fingerprint density at radius 1 is 1.17 bits per heavy atom. The number of ketones is 1. The van der Waals surface area contributed by atoms with Gasteiger partial charge in [-0.05, 0) is 42.2 Å². The van der Waals surface area contributed by atoms with Crippen molar-refractivity contribution in [2.24, 2.45) is 17.3 Å². The Bertz CT molecular complexity index is 908. The van der Waals surface area contributed by atoms with Crippen LogP contribution in [-0.2, 0) is 12.8 Å². The summed E-state index contributed by atoms with van der Waals surface area (Å²) in [5, 5.41) is 7.69. The van der Waals surface area contributed by atoms with Crippen LogP contribution < -0.4 is 5.32 Å². The fourth-order valence-electron chi connectivity index (χ4n) is 3.79. The first kappa shape index (κ1) is 21.2. The third-order valence-corrected chi connectivity index (χ3v) is 5.12. The Labute approximate surface area is 173 Å². The number of carbonyl (C=O) groups is 2. The van der Waals surface area contributed by atoms with Gasteiger partial charge in [-0.2, -0.15) is 5.10 Å². The zero-order valence-electron chi connectivity index (χ0n) is 18.4. The number of amides is 1. The van der Waals surface area contributed by atoms with E-state index >= 15 is 0 Å². The summed E-state index contributed by atoms with van der Waals surface area (Å²) in [7, 11) is 0. The molecule has 0 aromatic carbocycles. The summed E-state index contributed by atoms with van der Waals surface area (Å²) in [6.07, 6.45) is 3.66. The zero-order chi connectivity index (χ0) is 21.3. The highest BCUT2D eigenvalue weighted by Gasteiger charge is 2.36. The molecule has 0 unspecified atom stereocenters. The molecule has 6 heteroatoms. The molecule has 1 aliphatic carbocycles. The number of fused-ring (bicyclic) bond motifs is 1. The zero-order valence-corrected chi connectivity index (χ0v) is 18.4. The molecule has 2 aromatic heterocycles. The van der Waals surface area contributed by atoms with Crippen LogP contribution in [0.15, 0.2) is 18.3 Å². The number of hydrogen-bond donors (Lipinski definition) is 1. The van der Waals surface area contributed by atoms with Gasteiger partial charge < -0.3 is 5.32 Å². The molecular weight excluding hydrogens is 364 g/mol. The first-order chi connectivity index (χ1) is 13.6. The number of aromatic nitrogens is 3. The maximum absolute atomic E-state index is 12.9. The van der Waals surface area contributed by atoms with Crippen molar-refractivity contribution in [3.05, 3.63) is 40.8 Å². The van der Waals surface area contributed by atoms with Crippen LogP contribution in [0.2, 0.25) is 0 Å². The van der Waals surface area contributed by atoms with E-state index in [1.54, 1.807) is 12.3 Å². The molecule has 0 saturated heterocycles. The molecule has 0 radical (unpaired) electrons. The first-order valence-corrected chi connectivity index (χ1v) is 10.5. The predicted molar refractivity (Wildman–Crippen MR) is 114 cm³/mol. The van der Waals surface area contributed by atoms with Gasteiger partial charge in [0.15, 0.2) is 11.6 Å². The molecule has 156 valence electrons. The molecule has 1 amide bonds. The number of pyridine rings is 1. The molecule has 0 bridgehead atoms. The number of rotatable bonds is 6. The lowest BCUT2D eigenvalue weighted by molar-refractivity contribution is 0.0908. The highest BCUT2D eigenvalue weighted by Crippen LogP contribution is 2.37. The minimum atomic E-state index is -0.128. The van der Waals surface area contributed by atoms with Gasteiger partial charge in [0.25, 0.3) is 5.91 Å². The van der Waals surface area contributed by atoms with Crippen LogP contribution in [0.5, 0.6) is 0 Å². The van der Waals surface area contributed by atoms with Gasteiger partial charge in [-0.1, -0.05) is 41.5 Å². The van der Waals surface area contributed by atoms with E-state index in [4.69, 9.17) is 5.10 Å². The van der Waals surface area contributed by atoms with Crippen molar-refractivity contribution in [1.82, 2.24) is 20.1 Å². The van der Waals surface area contributed by atoms with Crippen LogP contribution in [0.25, 0.3) is 5.82 Å². The summed E-state index contributed by atoms with van der Waals surface area (Å²) < 4.78 is 1.81. The van der Waals surface area contributed by atoms with Crippen molar-refractivity contribution in [3.8, 4) is 5.82 Å². The molecule has 0 spiro atoms. The first-order valence-electron chi connectivity index (χ1n) is 10.5. The summed E-state index contributed by atoms with van der Waals surface area (Å²) in [6.45, 7) is 13.2. The quantitative estimate of drug-likeness (QED) is 0.800. The summed E-state index contributed by atoms with van der Waals surface area (Å²) >= 11 is 0. The third kappa shape index (κ3) is 4.74. The number of hydrogen-bond acceptors (Lipinski definition) is 4. The molecule has 0 aliphatic heterocycles. The number of carbonyl (C=O) groups excluding carboxylic acids is 2. The van der Waals surface area contributed by atoms with Gasteiger partial charge in [0.2, 0.25) is 0 Å². The Kier molecular flexibility index (Phi) is 5.92. The van der Waals surface area contributed by atoms with E-state index in [0.29, 0.717) is 36.2 Å². The van der Waals surface area contributed by atoms with Crippen molar-refractivity contribution in [2.45, 2.75) is 60.8 Å². The van der Waals surface area contributed by atoms with Gasteiger partial charge in [-0.3, -0.25) is 9.59 Å². The van der Waals surface area contributed by atoms with Crippen molar-refractivity contribution >= 4 is 11.7 Å². The SMILES string of the molecule is CC(C)CNC(=O)c1ccc(-n2nc(CC(C)C)c3c2CC(C)(C)CC3=O)nc1. The summed E-state index contributed by atoms with van der Waals surface area (Å²) in [5.74, 6) is 1.48. The van der Waals surface area contributed by atoms with Crippen molar-refractivity contribution in [2.75, 3.05) is 6.54 Å². The maximum atomic E-state index is 12.9. The largest absolute Gasteiger partial charge is 0.352 e. The highest BCUT2D eigenvalue weighted by atomic mass is 16.1. The second kappa shape index (κ2) is 8.09. The number of nitrogens with zero attached hydrogens (tertiary/aromatic N) is 3. The molecule has 1 N–H and O–H groups in total. The normalized spacial score (nSPS) is 15.7. The lowest BCUT2D eigenvalue weighted by Crippen LogP contribution is -2.28. The van der Waals surface area contributed by atoms with Crippen LogP contribution >= 0.6 is 0 Å². The summed E-state index contributed by atoms with van der Waals surface area (Å²) in [6, 6.07) is 3.58. The van der Waals surface area contributed by atoms with Crippen LogP contribution in [0, 0.1) is 17.3 Å². The summed E-state index contributed by atoms with van der Waals surface area (Å²) in [5.41, 5.74) is 2.99. The van der Waals surface area contributed by atoms with Gasteiger partial charge in [-0.15, -0.1) is 0 Å². The second-order valence-corrected chi connectivity index (χ2v) is 9.73. The monoisotopic (exact) mass is 396 g/mol. The molecular formula is C23H32N4O2. The number of nitrogens with one attached hydrogen (secondary N) is 1. The van der Waals surface area contributed by atoms with E-state index in [0.717, 1.165) is 29.8 Å². The van der Waals surface area contributed by atoms with Gasteiger partial charge in [-0.25, -0.2) is 9.67 Å². The van der Waals surface area contributed by atoms with Crippen LogP contribution in [0.4, 0.5) is 0 Å². The van der Waals surface area contributed by atoms with E-state index in [2.05, 4.69) is 51.8 Å². The minimum absolute atomic E-state index is 0.104. The van der Waals surface area contributed by atoms with Crippen molar-refractivity contribution in [3.63, 3.8) is 0 Å². The van der Waals surface area contributed by atoms with E-state index < -0.39 is 0 Å². The molecule has 2 heterocycles. The van der Waals surface area contributed by atoms with Gasteiger partial charge in [0, 0.05) is 19.2 Å². The lowest BCUT2D eigenvalue weighted by atomic mass is 9.75.